The summed E-state index contributed by atoms with van der Waals surface area (Å²) in [5, 5.41) is 0. The summed E-state index contributed by atoms with van der Waals surface area (Å²) in [5.41, 5.74) is 0.217. The first-order chi connectivity index (χ1) is 16.6. The molecule has 0 unspecified atom stereocenters. The molecular weight excluding hydrogens is 444 g/mol. The minimum atomic E-state index is -0.936. The maximum Gasteiger partial charge on any atom is 0.316 e. The Morgan fingerprint density at radius 1 is 1.11 bits per heavy atom. The van der Waals surface area contributed by atoms with Gasteiger partial charge in [-0.3, -0.25) is 14.4 Å². The molecule has 190 valence electrons. The number of fused-ring (bicyclic) bond motifs is 4. The molecule has 0 aromatic rings. The average Bonchev–Trinajstić information content (AvgIpc) is 3.43. The van der Waals surface area contributed by atoms with E-state index in [-0.39, 0.29) is 48.2 Å². The zero-order chi connectivity index (χ0) is 24.9. The molecule has 0 spiro atoms. The Bertz CT molecular complexity index is 1050. The van der Waals surface area contributed by atoms with Crippen molar-refractivity contribution in [1.29, 1.82) is 0 Å². The van der Waals surface area contributed by atoms with Crippen LogP contribution in [0.15, 0.2) is 23.3 Å². The van der Waals surface area contributed by atoms with Crippen molar-refractivity contribution in [1.82, 2.24) is 0 Å². The van der Waals surface area contributed by atoms with Crippen molar-refractivity contribution < 1.29 is 28.6 Å². The highest BCUT2D eigenvalue weighted by atomic mass is 16.6. The molecule has 0 aromatic heterocycles. The second-order valence-corrected chi connectivity index (χ2v) is 12.6. The molecule has 4 fully saturated rings. The molecule has 6 heteroatoms. The number of hydrogen-bond donors (Lipinski definition) is 0. The third kappa shape index (κ3) is 2.78. The van der Waals surface area contributed by atoms with Crippen LogP contribution in [0, 0.1) is 39.9 Å². The van der Waals surface area contributed by atoms with E-state index in [4.69, 9.17) is 14.2 Å². The van der Waals surface area contributed by atoms with Gasteiger partial charge >= 0.3 is 11.9 Å². The quantitative estimate of drug-likeness (QED) is 0.433. The van der Waals surface area contributed by atoms with Gasteiger partial charge in [-0.15, -0.1) is 0 Å². The number of ether oxygens (including phenoxy) is 3. The van der Waals surface area contributed by atoms with Gasteiger partial charge in [-0.05, 0) is 62.5 Å². The molecule has 0 amide bonds. The Kier molecular flexibility index (Phi) is 5.05. The van der Waals surface area contributed by atoms with Crippen molar-refractivity contribution in [3.8, 4) is 0 Å². The van der Waals surface area contributed by atoms with Gasteiger partial charge in [-0.1, -0.05) is 44.8 Å². The largest absolute Gasteiger partial charge is 0.469 e. The zero-order valence-electron chi connectivity index (χ0n) is 21.6. The maximum atomic E-state index is 13.8. The second-order valence-electron chi connectivity index (χ2n) is 12.6. The molecule has 2 heterocycles. The summed E-state index contributed by atoms with van der Waals surface area (Å²) in [4.78, 5) is 39.8. The first kappa shape index (κ1) is 23.4. The standard InChI is InChI=1S/C29H38O6/c1-15-17(16-9-7-6-8-10-16)13-18-22(15)29(4)19(14-21(31)33-5)28(3)20(30)11-12-27(2)24(28)23(25(29)34-18)35-26(27)32/h11-12,16-19,23-25H,6-10,13-14H2,1-5H3/t17-,18-,19-,23-,24+,25-,27-,28+,29-/m1/s1. The van der Waals surface area contributed by atoms with Crippen LogP contribution in [0.3, 0.4) is 0 Å². The summed E-state index contributed by atoms with van der Waals surface area (Å²) < 4.78 is 18.1. The monoisotopic (exact) mass is 482 g/mol. The van der Waals surface area contributed by atoms with Crippen molar-refractivity contribution in [3.05, 3.63) is 23.3 Å². The predicted octanol–water partition coefficient (Wildman–Crippen LogP) is 4.56. The van der Waals surface area contributed by atoms with Gasteiger partial charge in [-0.2, -0.15) is 0 Å². The van der Waals surface area contributed by atoms with E-state index in [1.165, 1.54) is 50.4 Å². The lowest BCUT2D eigenvalue weighted by Crippen LogP contribution is -2.66. The van der Waals surface area contributed by atoms with Crippen molar-refractivity contribution in [2.45, 2.75) is 91.0 Å². The fraction of sp³-hybridized carbons (Fsp3) is 0.759. The Morgan fingerprint density at radius 3 is 2.51 bits per heavy atom. The van der Waals surface area contributed by atoms with E-state index in [0.29, 0.717) is 11.8 Å². The highest BCUT2D eigenvalue weighted by Gasteiger charge is 2.77. The van der Waals surface area contributed by atoms with Crippen molar-refractivity contribution in [3.63, 3.8) is 0 Å². The van der Waals surface area contributed by atoms with Crippen molar-refractivity contribution in [2.24, 2.45) is 39.9 Å². The molecule has 2 saturated heterocycles. The van der Waals surface area contributed by atoms with Gasteiger partial charge in [0, 0.05) is 16.7 Å². The molecule has 0 radical (unpaired) electrons. The van der Waals surface area contributed by atoms with Gasteiger partial charge in [-0.25, -0.2) is 0 Å². The summed E-state index contributed by atoms with van der Waals surface area (Å²) >= 11 is 0. The normalized spacial score (nSPS) is 48.5. The fourth-order valence-electron chi connectivity index (χ4n) is 9.66. The molecule has 35 heavy (non-hydrogen) atoms. The minimum absolute atomic E-state index is 0.0274. The van der Waals surface area contributed by atoms with E-state index < -0.39 is 22.3 Å². The summed E-state index contributed by atoms with van der Waals surface area (Å²) in [6.45, 7) is 8.26. The van der Waals surface area contributed by atoms with E-state index in [9.17, 15) is 14.4 Å². The van der Waals surface area contributed by atoms with Crippen LogP contribution in [0.4, 0.5) is 0 Å². The van der Waals surface area contributed by atoms with Crippen LogP contribution in [-0.2, 0) is 28.6 Å². The van der Waals surface area contributed by atoms with Gasteiger partial charge < -0.3 is 14.2 Å². The molecule has 2 saturated carbocycles. The number of esters is 2. The second kappa shape index (κ2) is 7.53. The highest BCUT2D eigenvalue weighted by Crippen LogP contribution is 2.72. The van der Waals surface area contributed by atoms with Crippen molar-refractivity contribution >= 4 is 17.7 Å². The van der Waals surface area contributed by atoms with Crippen LogP contribution < -0.4 is 0 Å². The average molecular weight is 483 g/mol. The molecule has 6 rings (SSSR count). The Labute approximate surface area is 207 Å². The first-order valence-electron chi connectivity index (χ1n) is 13.5. The number of rotatable bonds is 3. The molecule has 6 aliphatic rings. The molecule has 0 N–H and O–H groups in total. The Balaban J connectivity index is 1.52. The van der Waals surface area contributed by atoms with Crippen LogP contribution in [0.1, 0.15) is 72.6 Å². The lowest BCUT2D eigenvalue weighted by atomic mass is 9.42. The predicted molar refractivity (Wildman–Crippen MR) is 128 cm³/mol. The lowest BCUT2D eigenvalue weighted by Gasteiger charge is -2.59. The van der Waals surface area contributed by atoms with Crippen LogP contribution in [0.25, 0.3) is 0 Å². The third-order valence-corrected chi connectivity index (χ3v) is 11.2. The van der Waals surface area contributed by atoms with E-state index >= 15 is 0 Å². The van der Waals surface area contributed by atoms with Crippen LogP contribution >= 0.6 is 0 Å². The van der Waals surface area contributed by atoms with Gasteiger partial charge in [0.15, 0.2) is 5.78 Å². The summed E-state index contributed by atoms with van der Waals surface area (Å²) in [6, 6.07) is 0. The molecule has 9 atom stereocenters. The fourth-order valence-corrected chi connectivity index (χ4v) is 9.66. The van der Waals surface area contributed by atoms with Crippen LogP contribution in [0.2, 0.25) is 0 Å². The number of carbonyl (C=O) groups is 3. The Morgan fingerprint density at radius 2 is 1.83 bits per heavy atom. The molecular formula is C29H38O6. The summed E-state index contributed by atoms with van der Waals surface area (Å²) in [7, 11) is 1.40. The third-order valence-electron chi connectivity index (χ3n) is 11.2. The van der Waals surface area contributed by atoms with Crippen LogP contribution in [0.5, 0.6) is 0 Å². The number of carbonyl (C=O) groups excluding carboxylic acids is 3. The lowest BCUT2D eigenvalue weighted by molar-refractivity contribution is -0.190. The first-order valence-corrected chi connectivity index (χ1v) is 13.5. The van der Waals surface area contributed by atoms with E-state index in [0.717, 1.165) is 6.42 Å². The molecule has 0 aromatic carbocycles. The number of hydrogen-bond acceptors (Lipinski definition) is 6. The van der Waals surface area contributed by atoms with Crippen LogP contribution in [-0.4, -0.2) is 43.1 Å². The smallest absolute Gasteiger partial charge is 0.316 e. The molecule has 4 aliphatic carbocycles. The molecule has 0 bridgehead atoms. The zero-order valence-corrected chi connectivity index (χ0v) is 21.6. The SMILES string of the molecule is COC(=O)C[C@H]1[C@]2(C)C3=C(C)[C@H](C4CCCCC4)C[C@H]3O[C@@H]2[C@@H]2OC(=O)[C@]3(C)C=CC(=O)[C@@]1(C)[C@@H]23. The van der Waals surface area contributed by atoms with Gasteiger partial charge in [0.2, 0.25) is 0 Å². The highest BCUT2D eigenvalue weighted by molar-refractivity contribution is 6.00. The van der Waals surface area contributed by atoms with Gasteiger partial charge in [0.1, 0.15) is 12.2 Å². The number of allylic oxidation sites excluding steroid dienone is 2. The summed E-state index contributed by atoms with van der Waals surface area (Å²) in [5.74, 6) is -0.217. The minimum Gasteiger partial charge on any atom is -0.469 e. The maximum absolute atomic E-state index is 13.8. The Hall–Kier alpha value is -1.95. The summed E-state index contributed by atoms with van der Waals surface area (Å²) in [6.07, 6.45) is 9.84. The molecule has 2 aliphatic heterocycles. The van der Waals surface area contributed by atoms with E-state index in [1.54, 1.807) is 12.2 Å². The number of methoxy groups -OCH3 is 1. The van der Waals surface area contributed by atoms with Gasteiger partial charge in [0.05, 0.1) is 25.0 Å². The van der Waals surface area contributed by atoms with Crippen molar-refractivity contribution in [2.75, 3.05) is 7.11 Å². The van der Waals surface area contributed by atoms with Gasteiger partial charge in [0.25, 0.3) is 0 Å². The molecule has 6 nitrogen and oxygen atoms in total. The van der Waals surface area contributed by atoms with E-state index in [1.807, 2.05) is 13.8 Å². The van der Waals surface area contributed by atoms with E-state index in [2.05, 4.69) is 13.8 Å². The topological polar surface area (TPSA) is 78.9 Å². The number of ketones is 1.